The third-order valence-electron chi connectivity index (χ3n) is 9.75. The molecule has 1 nitrogen and oxygen atoms in total. The van der Waals surface area contributed by atoms with Gasteiger partial charge in [-0.25, -0.2) is 0 Å². The zero-order valence-electron chi connectivity index (χ0n) is 35.3. The molecule has 0 spiro atoms. The van der Waals surface area contributed by atoms with Crippen LogP contribution in [0.2, 0.25) is 0 Å². The molecule has 0 aliphatic carbocycles. The highest BCUT2D eigenvalue weighted by Gasteiger charge is 2.18. The Balaban J connectivity index is 1.23. The number of hydrogen-bond donors (Lipinski definition) is 0. The number of hydrogen-bond acceptors (Lipinski definition) is 1. The molecule has 0 aliphatic heterocycles. The van der Waals surface area contributed by atoms with Crippen molar-refractivity contribution in [3.8, 4) is 55.6 Å². The number of para-hydroxylation sites is 2. The molecule has 0 bridgehead atoms. The van der Waals surface area contributed by atoms with Crippen LogP contribution in [-0.4, -0.2) is 0 Å². The molecule has 0 saturated heterocycles. The second kappa shape index (κ2) is 12.0. The van der Waals surface area contributed by atoms with Crippen molar-refractivity contribution in [2.24, 2.45) is 0 Å². The summed E-state index contributed by atoms with van der Waals surface area (Å²) in [6.45, 7) is 0. The van der Waals surface area contributed by atoms with Crippen LogP contribution in [0, 0.1) is 0 Å². The SMILES string of the molecule is [2H]c1c([2H])c([2H])c2c(-c3ccc(-c4cccc5c4oc4c(-c6ccccc6)cccc45)cc3)c3c([2H])c([2H])c([2H])c([2H])c3c(-c3ccc(-c4ccccc4)cc3)c2c1[2H]. The first-order chi connectivity index (χ1) is 28.6. The van der Waals surface area contributed by atoms with Crippen LogP contribution in [-0.2, 0) is 0 Å². The fraction of sp³-hybridized carbons (Fsp3) is 0. The second-order valence-corrected chi connectivity index (χ2v) is 12.6. The first-order valence-corrected chi connectivity index (χ1v) is 16.9. The van der Waals surface area contributed by atoms with E-state index in [1.807, 2.05) is 121 Å². The quantitative estimate of drug-likeness (QED) is 0.168. The lowest BCUT2D eigenvalue weighted by Gasteiger charge is -2.18. The van der Waals surface area contributed by atoms with Crippen molar-refractivity contribution in [2.75, 3.05) is 0 Å². The van der Waals surface area contributed by atoms with Gasteiger partial charge in [-0.15, -0.1) is 0 Å². The minimum Gasteiger partial charge on any atom is -0.455 e. The Morgan fingerprint density at radius 3 is 1.10 bits per heavy atom. The van der Waals surface area contributed by atoms with E-state index in [1.54, 1.807) is 0 Å². The maximum Gasteiger partial charge on any atom is 0.143 e. The normalized spacial score (nSPS) is 13.7. The van der Waals surface area contributed by atoms with Crippen LogP contribution in [0.25, 0.3) is 99.1 Å². The molecule has 0 amide bonds. The first kappa shape index (κ1) is 22.1. The smallest absolute Gasteiger partial charge is 0.143 e. The molecule has 9 aromatic carbocycles. The van der Waals surface area contributed by atoms with Crippen molar-refractivity contribution in [3.63, 3.8) is 0 Å². The number of rotatable bonds is 5. The monoisotopic (exact) mass is 656 g/mol. The summed E-state index contributed by atoms with van der Waals surface area (Å²) in [6, 6.07) is 44.3. The molecule has 10 rings (SSSR count). The van der Waals surface area contributed by atoms with Crippen LogP contribution in [0.1, 0.15) is 11.0 Å². The van der Waals surface area contributed by atoms with Gasteiger partial charge in [0.05, 0.1) is 11.0 Å². The van der Waals surface area contributed by atoms with Gasteiger partial charge in [-0.05, 0) is 66.1 Å². The topological polar surface area (TPSA) is 13.1 Å². The summed E-state index contributed by atoms with van der Waals surface area (Å²) in [7, 11) is 0. The van der Waals surface area contributed by atoms with E-state index in [1.165, 1.54) is 0 Å². The van der Waals surface area contributed by atoms with E-state index in [-0.39, 0.29) is 45.7 Å². The van der Waals surface area contributed by atoms with Crippen LogP contribution in [0.15, 0.2) is 198 Å². The summed E-state index contributed by atoms with van der Waals surface area (Å²) < 4.78 is 79.0. The van der Waals surface area contributed by atoms with E-state index in [2.05, 4.69) is 24.3 Å². The van der Waals surface area contributed by atoms with Crippen LogP contribution in [0.5, 0.6) is 0 Å². The lowest BCUT2D eigenvalue weighted by Crippen LogP contribution is -1.91. The molecule has 0 radical (unpaired) electrons. The standard InChI is InChI=1S/C50H32O/c1-3-13-33(14-4-1)34-25-29-37(30-26-34)47-41-17-7-9-19-43(41)48(44-20-10-8-18-42(44)47)38-31-27-36(28-32-38)40-22-12-24-46-45-23-11-21-39(49(45)51-50(40)46)35-15-5-2-6-16-35/h1-32H/i7D,8D,9D,10D,17D,18D,19D,20D. The highest BCUT2D eigenvalue weighted by Crippen LogP contribution is 2.45. The van der Waals surface area contributed by atoms with Gasteiger partial charge in [0.25, 0.3) is 0 Å². The van der Waals surface area contributed by atoms with Crippen molar-refractivity contribution < 1.29 is 15.4 Å². The molecule has 0 aliphatic rings. The predicted octanol–water partition coefficient (Wildman–Crippen LogP) is 14.2. The Morgan fingerprint density at radius 1 is 0.294 bits per heavy atom. The molecule has 0 saturated carbocycles. The minimum atomic E-state index is -0.433. The molecule has 0 atom stereocenters. The molecule has 0 fully saturated rings. The van der Waals surface area contributed by atoms with Crippen molar-refractivity contribution >= 4 is 43.5 Å². The summed E-state index contributed by atoms with van der Waals surface area (Å²) in [4.78, 5) is 0. The number of furan rings is 1. The Bertz CT molecular complexity index is 3240. The van der Waals surface area contributed by atoms with Gasteiger partial charge in [0.15, 0.2) is 0 Å². The number of fused-ring (bicyclic) bond motifs is 5. The zero-order chi connectivity index (χ0) is 40.7. The van der Waals surface area contributed by atoms with E-state index >= 15 is 0 Å². The van der Waals surface area contributed by atoms with Gasteiger partial charge in [0.2, 0.25) is 0 Å². The Morgan fingerprint density at radius 2 is 0.647 bits per heavy atom. The van der Waals surface area contributed by atoms with Gasteiger partial charge in [-0.1, -0.05) is 194 Å². The molecule has 10 aromatic rings. The van der Waals surface area contributed by atoms with Crippen molar-refractivity contribution in [2.45, 2.75) is 0 Å². The summed E-state index contributed by atoms with van der Waals surface area (Å²) in [5.41, 5.74) is 8.89. The van der Waals surface area contributed by atoms with Crippen LogP contribution in [0.4, 0.5) is 0 Å². The lowest BCUT2D eigenvalue weighted by atomic mass is 9.85. The van der Waals surface area contributed by atoms with E-state index in [4.69, 9.17) is 9.90 Å². The predicted molar refractivity (Wildman–Crippen MR) is 216 cm³/mol. The summed E-state index contributed by atoms with van der Waals surface area (Å²) in [5, 5.41) is 2.68. The lowest BCUT2D eigenvalue weighted by molar-refractivity contribution is 0.671. The molecule has 1 heteroatoms. The fourth-order valence-corrected chi connectivity index (χ4v) is 7.37. The van der Waals surface area contributed by atoms with Crippen LogP contribution >= 0.6 is 0 Å². The van der Waals surface area contributed by atoms with Gasteiger partial charge in [0.1, 0.15) is 11.2 Å². The van der Waals surface area contributed by atoms with Gasteiger partial charge >= 0.3 is 0 Å². The van der Waals surface area contributed by atoms with E-state index in [0.29, 0.717) is 22.3 Å². The molecule has 51 heavy (non-hydrogen) atoms. The van der Waals surface area contributed by atoms with Crippen molar-refractivity contribution in [1.29, 1.82) is 0 Å². The maximum atomic E-state index is 9.32. The average molecular weight is 657 g/mol. The molecule has 0 unspecified atom stereocenters. The van der Waals surface area contributed by atoms with Crippen molar-refractivity contribution in [1.82, 2.24) is 0 Å². The fourth-order valence-electron chi connectivity index (χ4n) is 7.37. The summed E-state index contributed by atoms with van der Waals surface area (Å²) in [6.07, 6.45) is 0. The largest absolute Gasteiger partial charge is 0.455 e. The number of benzene rings is 9. The Hall–Kier alpha value is -6.70. The average Bonchev–Trinajstić information content (AvgIpc) is 3.68. The van der Waals surface area contributed by atoms with Crippen LogP contribution < -0.4 is 0 Å². The van der Waals surface area contributed by atoms with Gasteiger partial charge in [-0.3, -0.25) is 0 Å². The summed E-state index contributed by atoms with van der Waals surface area (Å²) in [5.74, 6) is 0. The van der Waals surface area contributed by atoms with Gasteiger partial charge < -0.3 is 4.42 Å². The Kier molecular flexibility index (Phi) is 5.21. The molecule has 0 N–H and O–H groups in total. The molecule has 238 valence electrons. The zero-order valence-corrected chi connectivity index (χ0v) is 27.3. The molecule has 1 aromatic heterocycles. The third kappa shape index (κ3) is 4.86. The van der Waals surface area contributed by atoms with Crippen molar-refractivity contribution in [3.05, 3.63) is 194 Å². The molecular weight excluding hydrogens is 617 g/mol. The minimum absolute atomic E-state index is 0.177. The van der Waals surface area contributed by atoms with Crippen LogP contribution in [0.3, 0.4) is 0 Å². The van der Waals surface area contributed by atoms with Gasteiger partial charge in [-0.2, -0.15) is 0 Å². The third-order valence-corrected chi connectivity index (χ3v) is 9.75. The van der Waals surface area contributed by atoms with Gasteiger partial charge in [0, 0.05) is 21.9 Å². The van der Waals surface area contributed by atoms with E-state index in [9.17, 15) is 5.48 Å². The first-order valence-electron chi connectivity index (χ1n) is 20.9. The highest BCUT2D eigenvalue weighted by atomic mass is 16.3. The van der Waals surface area contributed by atoms with E-state index < -0.39 is 24.2 Å². The molecule has 1 heterocycles. The maximum absolute atomic E-state index is 9.32. The summed E-state index contributed by atoms with van der Waals surface area (Å²) >= 11 is 0. The molecular formula is C50H32O. The van der Waals surface area contributed by atoms with E-state index in [0.717, 1.165) is 55.3 Å². The highest BCUT2D eigenvalue weighted by molar-refractivity contribution is 6.21. The Labute approximate surface area is 307 Å². The second-order valence-electron chi connectivity index (χ2n) is 12.6.